The van der Waals surface area contributed by atoms with E-state index in [9.17, 15) is 27.2 Å². The topological polar surface area (TPSA) is 78.9 Å². The normalized spacial score (nSPS) is 13.8. The fraction of sp³-hybridized carbons (Fsp3) is 0.176. The van der Waals surface area contributed by atoms with Crippen LogP contribution in [0.15, 0.2) is 36.4 Å². The zero-order chi connectivity index (χ0) is 19.8. The summed E-state index contributed by atoms with van der Waals surface area (Å²) in [6.45, 7) is -0.630. The van der Waals surface area contributed by atoms with Gasteiger partial charge >= 0.3 is 6.18 Å². The van der Waals surface area contributed by atoms with Crippen LogP contribution in [0, 0.1) is 5.82 Å². The maximum atomic E-state index is 13.5. The van der Waals surface area contributed by atoms with Gasteiger partial charge in [-0.1, -0.05) is 6.07 Å². The zero-order valence-corrected chi connectivity index (χ0v) is 13.5. The molecule has 1 aliphatic rings. The van der Waals surface area contributed by atoms with Crippen LogP contribution in [0.2, 0.25) is 0 Å². The minimum atomic E-state index is -4.88. The van der Waals surface area contributed by atoms with Gasteiger partial charge in [0.25, 0.3) is 11.8 Å². The van der Waals surface area contributed by atoms with Gasteiger partial charge in [-0.05, 0) is 35.9 Å². The Bertz CT molecular complexity index is 914. The van der Waals surface area contributed by atoms with Gasteiger partial charge in [-0.3, -0.25) is 14.8 Å². The number of halogens is 4. The molecular formula is C17H12F4N2O4. The molecule has 0 aromatic heterocycles. The van der Waals surface area contributed by atoms with Crippen LogP contribution in [0.4, 0.5) is 23.2 Å². The number of ether oxygens (including phenoxy) is 1. The van der Waals surface area contributed by atoms with Crippen molar-refractivity contribution in [1.82, 2.24) is 5.48 Å². The first-order valence-electron chi connectivity index (χ1n) is 7.58. The van der Waals surface area contributed by atoms with Crippen molar-refractivity contribution in [3.8, 4) is 5.75 Å². The van der Waals surface area contributed by atoms with Crippen molar-refractivity contribution in [2.24, 2.45) is 0 Å². The molecule has 0 saturated heterocycles. The van der Waals surface area contributed by atoms with E-state index in [4.69, 9.17) is 9.94 Å². The van der Waals surface area contributed by atoms with Gasteiger partial charge in [0.1, 0.15) is 11.6 Å². The molecule has 0 unspecified atom stereocenters. The standard InChI is InChI=1S/C17H12F4N2O4/c18-12-3-1-9(5-11(12)17(19,20)21)7-23-13-6-10(16(25)22-26)2-4-14(13)27-8-15(23)24/h1-6,26H,7-8H2,(H,22,25). The Morgan fingerprint density at radius 3 is 2.63 bits per heavy atom. The predicted molar refractivity (Wildman–Crippen MR) is 83.8 cm³/mol. The van der Waals surface area contributed by atoms with Crippen molar-refractivity contribution in [1.29, 1.82) is 0 Å². The van der Waals surface area contributed by atoms with Gasteiger partial charge in [0.2, 0.25) is 0 Å². The third kappa shape index (κ3) is 3.70. The van der Waals surface area contributed by atoms with Crippen molar-refractivity contribution < 1.29 is 37.1 Å². The van der Waals surface area contributed by atoms with Crippen LogP contribution in [0.1, 0.15) is 21.5 Å². The van der Waals surface area contributed by atoms with Crippen molar-refractivity contribution in [3.63, 3.8) is 0 Å². The number of hydrogen-bond donors (Lipinski definition) is 2. The van der Waals surface area contributed by atoms with E-state index >= 15 is 0 Å². The first kappa shape index (κ1) is 18.6. The Labute approximate surface area is 149 Å². The van der Waals surface area contributed by atoms with E-state index in [1.54, 1.807) is 0 Å². The number of carbonyl (C=O) groups excluding carboxylic acids is 2. The summed E-state index contributed by atoms with van der Waals surface area (Å²) in [5.74, 6) is -2.57. The Hall–Kier alpha value is -3.14. The van der Waals surface area contributed by atoms with E-state index in [1.165, 1.54) is 23.7 Å². The number of hydroxylamine groups is 1. The third-order valence-corrected chi connectivity index (χ3v) is 3.94. The summed E-state index contributed by atoms with van der Waals surface area (Å²) >= 11 is 0. The maximum Gasteiger partial charge on any atom is 0.419 e. The fourth-order valence-corrected chi connectivity index (χ4v) is 2.65. The molecule has 0 bridgehead atoms. The molecule has 6 nitrogen and oxygen atoms in total. The molecule has 3 rings (SSSR count). The Balaban J connectivity index is 1.99. The number of fused-ring (bicyclic) bond motifs is 1. The molecule has 0 saturated carbocycles. The first-order valence-corrected chi connectivity index (χ1v) is 7.58. The summed E-state index contributed by atoms with van der Waals surface area (Å²) in [4.78, 5) is 24.9. The van der Waals surface area contributed by atoms with Crippen LogP contribution >= 0.6 is 0 Å². The highest BCUT2D eigenvalue weighted by Crippen LogP contribution is 2.36. The molecule has 0 aliphatic carbocycles. The summed E-state index contributed by atoms with van der Waals surface area (Å²) in [7, 11) is 0. The lowest BCUT2D eigenvalue weighted by molar-refractivity contribution is -0.140. The first-order chi connectivity index (χ1) is 12.7. The summed E-state index contributed by atoms with van der Waals surface area (Å²) in [6.07, 6.45) is -4.88. The van der Waals surface area contributed by atoms with Gasteiger partial charge in [0, 0.05) is 5.56 Å². The van der Waals surface area contributed by atoms with Crippen LogP contribution in [0.25, 0.3) is 0 Å². The lowest BCUT2D eigenvalue weighted by atomic mass is 10.1. The van der Waals surface area contributed by atoms with Crippen molar-refractivity contribution in [2.75, 3.05) is 11.5 Å². The average molecular weight is 384 g/mol. The summed E-state index contributed by atoms with van der Waals surface area (Å²) in [5, 5.41) is 8.72. The minimum Gasteiger partial charge on any atom is -0.482 e. The monoisotopic (exact) mass is 384 g/mol. The molecule has 10 heteroatoms. The quantitative estimate of drug-likeness (QED) is 0.485. The molecule has 27 heavy (non-hydrogen) atoms. The SMILES string of the molecule is O=C(NO)c1ccc2c(c1)N(Cc1ccc(F)c(C(F)(F)F)c1)C(=O)CO2. The Morgan fingerprint density at radius 2 is 1.96 bits per heavy atom. The van der Waals surface area contributed by atoms with Crippen molar-refractivity contribution in [3.05, 3.63) is 58.9 Å². The van der Waals surface area contributed by atoms with Gasteiger partial charge in [-0.2, -0.15) is 13.2 Å². The van der Waals surface area contributed by atoms with Crippen LogP contribution < -0.4 is 15.1 Å². The number of rotatable bonds is 3. The highest BCUT2D eigenvalue weighted by molar-refractivity contribution is 6.01. The number of benzene rings is 2. The molecule has 142 valence electrons. The number of alkyl halides is 3. The number of amides is 2. The molecule has 2 N–H and O–H groups in total. The molecule has 2 aromatic carbocycles. The second-order valence-electron chi connectivity index (χ2n) is 5.70. The molecule has 0 spiro atoms. The van der Waals surface area contributed by atoms with E-state index in [1.807, 2.05) is 0 Å². The van der Waals surface area contributed by atoms with E-state index in [2.05, 4.69) is 0 Å². The maximum absolute atomic E-state index is 13.5. The highest BCUT2D eigenvalue weighted by Gasteiger charge is 2.35. The molecule has 2 amide bonds. The zero-order valence-electron chi connectivity index (χ0n) is 13.5. The van der Waals surface area contributed by atoms with Gasteiger partial charge in [-0.15, -0.1) is 0 Å². The number of nitrogens with zero attached hydrogens (tertiary/aromatic N) is 1. The second kappa shape index (κ2) is 6.88. The molecule has 0 radical (unpaired) electrons. The summed E-state index contributed by atoms with van der Waals surface area (Å²) in [5.41, 5.74) is 0.205. The Kier molecular flexibility index (Phi) is 4.75. The van der Waals surface area contributed by atoms with Gasteiger partial charge < -0.3 is 9.64 Å². The van der Waals surface area contributed by atoms with Crippen molar-refractivity contribution in [2.45, 2.75) is 12.7 Å². The molecular weight excluding hydrogens is 372 g/mol. The predicted octanol–water partition coefficient (Wildman–Crippen LogP) is 2.89. The van der Waals surface area contributed by atoms with Gasteiger partial charge in [0.05, 0.1) is 17.8 Å². The van der Waals surface area contributed by atoms with Crippen LogP contribution in [-0.4, -0.2) is 23.6 Å². The minimum absolute atomic E-state index is 0.00892. The average Bonchev–Trinajstić information content (AvgIpc) is 2.63. The van der Waals surface area contributed by atoms with Gasteiger partial charge in [0.15, 0.2) is 6.61 Å². The number of anilines is 1. The van der Waals surface area contributed by atoms with Crippen molar-refractivity contribution >= 4 is 17.5 Å². The highest BCUT2D eigenvalue weighted by atomic mass is 19.4. The smallest absolute Gasteiger partial charge is 0.419 e. The van der Waals surface area contributed by atoms with E-state index in [0.717, 1.165) is 11.0 Å². The van der Waals surface area contributed by atoms with E-state index in [0.29, 0.717) is 12.1 Å². The second-order valence-corrected chi connectivity index (χ2v) is 5.70. The third-order valence-electron chi connectivity index (χ3n) is 3.94. The van der Waals surface area contributed by atoms with E-state index in [-0.39, 0.29) is 35.7 Å². The number of nitrogens with one attached hydrogen (secondary N) is 1. The van der Waals surface area contributed by atoms with Crippen LogP contribution in [0.3, 0.4) is 0 Å². The van der Waals surface area contributed by atoms with Crippen LogP contribution in [-0.2, 0) is 17.5 Å². The van der Waals surface area contributed by atoms with E-state index < -0.39 is 29.4 Å². The van der Waals surface area contributed by atoms with Crippen LogP contribution in [0.5, 0.6) is 5.75 Å². The molecule has 1 aliphatic heterocycles. The summed E-state index contributed by atoms with van der Waals surface area (Å²) in [6, 6.07) is 6.44. The number of carbonyl (C=O) groups is 2. The fourth-order valence-electron chi connectivity index (χ4n) is 2.65. The largest absolute Gasteiger partial charge is 0.482 e. The lowest BCUT2D eigenvalue weighted by Gasteiger charge is -2.30. The number of hydrogen-bond acceptors (Lipinski definition) is 4. The Morgan fingerprint density at radius 1 is 1.22 bits per heavy atom. The molecule has 1 heterocycles. The lowest BCUT2D eigenvalue weighted by Crippen LogP contribution is -2.38. The molecule has 2 aromatic rings. The molecule has 0 fully saturated rings. The summed E-state index contributed by atoms with van der Waals surface area (Å²) < 4.78 is 57.4. The molecule has 0 atom stereocenters. The van der Waals surface area contributed by atoms with Gasteiger partial charge in [-0.25, -0.2) is 9.87 Å².